The highest BCUT2D eigenvalue weighted by molar-refractivity contribution is 5.28. The first-order valence-corrected chi connectivity index (χ1v) is 5.58. The second-order valence-corrected chi connectivity index (χ2v) is 4.73. The zero-order chi connectivity index (χ0) is 12.9. The molecule has 0 heterocycles. The standard InChI is InChI=1S/C13H19FO3/c1-13(2,3)17-7-6-16-12-5-4-10(9-15)8-11(12)14/h4-5,8,15H,6-7,9H2,1-3H3. The third-order valence-electron chi connectivity index (χ3n) is 2.05. The lowest BCUT2D eigenvalue weighted by atomic mass is 10.2. The van der Waals surface area contributed by atoms with E-state index < -0.39 is 5.82 Å². The first kappa shape index (κ1) is 13.9. The SMILES string of the molecule is CC(C)(C)OCCOc1ccc(CO)cc1F. The molecule has 1 aromatic carbocycles. The topological polar surface area (TPSA) is 38.7 Å². The van der Waals surface area contributed by atoms with Gasteiger partial charge in [-0.1, -0.05) is 6.07 Å². The van der Waals surface area contributed by atoms with Crippen LogP contribution in [0, 0.1) is 5.82 Å². The van der Waals surface area contributed by atoms with Crippen molar-refractivity contribution in [1.82, 2.24) is 0 Å². The van der Waals surface area contributed by atoms with Gasteiger partial charge in [0.15, 0.2) is 11.6 Å². The first-order chi connectivity index (χ1) is 7.92. The molecular formula is C13H19FO3. The van der Waals surface area contributed by atoms with E-state index in [4.69, 9.17) is 14.6 Å². The summed E-state index contributed by atoms with van der Waals surface area (Å²) in [5, 5.41) is 8.83. The molecule has 1 rings (SSSR count). The minimum Gasteiger partial charge on any atom is -0.488 e. The number of rotatable bonds is 5. The molecule has 0 atom stereocenters. The Morgan fingerprint density at radius 1 is 1.24 bits per heavy atom. The quantitative estimate of drug-likeness (QED) is 0.806. The molecule has 0 radical (unpaired) electrons. The molecule has 3 nitrogen and oxygen atoms in total. The van der Waals surface area contributed by atoms with Gasteiger partial charge in [-0.2, -0.15) is 0 Å². The lowest BCUT2D eigenvalue weighted by Gasteiger charge is -2.19. The Kier molecular flexibility index (Phi) is 4.90. The Balaban J connectivity index is 2.42. The first-order valence-electron chi connectivity index (χ1n) is 5.58. The number of aliphatic hydroxyl groups excluding tert-OH is 1. The van der Waals surface area contributed by atoms with Crippen LogP contribution in [0.5, 0.6) is 5.75 Å². The summed E-state index contributed by atoms with van der Waals surface area (Å²) in [6.45, 7) is 6.37. The van der Waals surface area contributed by atoms with E-state index in [9.17, 15) is 4.39 Å². The summed E-state index contributed by atoms with van der Waals surface area (Å²) in [6.07, 6.45) is 0. The molecule has 0 spiro atoms. The highest BCUT2D eigenvalue weighted by atomic mass is 19.1. The van der Waals surface area contributed by atoms with Crippen LogP contribution in [-0.4, -0.2) is 23.9 Å². The normalized spacial score (nSPS) is 11.6. The average molecular weight is 242 g/mol. The van der Waals surface area contributed by atoms with Crippen molar-refractivity contribution in [2.24, 2.45) is 0 Å². The van der Waals surface area contributed by atoms with E-state index in [1.165, 1.54) is 12.1 Å². The van der Waals surface area contributed by atoms with Crippen LogP contribution < -0.4 is 4.74 Å². The van der Waals surface area contributed by atoms with E-state index >= 15 is 0 Å². The van der Waals surface area contributed by atoms with Crippen molar-refractivity contribution in [2.45, 2.75) is 33.0 Å². The number of benzene rings is 1. The molecule has 1 aromatic rings. The number of hydrogen-bond acceptors (Lipinski definition) is 3. The van der Waals surface area contributed by atoms with E-state index in [2.05, 4.69) is 0 Å². The van der Waals surface area contributed by atoms with Gasteiger partial charge in [0.2, 0.25) is 0 Å². The van der Waals surface area contributed by atoms with E-state index in [-0.39, 0.29) is 18.0 Å². The van der Waals surface area contributed by atoms with Crippen molar-refractivity contribution in [2.75, 3.05) is 13.2 Å². The summed E-state index contributed by atoms with van der Waals surface area (Å²) in [6, 6.07) is 4.40. The summed E-state index contributed by atoms with van der Waals surface area (Å²) in [5.41, 5.74) is 0.309. The zero-order valence-electron chi connectivity index (χ0n) is 10.5. The van der Waals surface area contributed by atoms with Crippen molar-refractivity contribution < 1.29 is 19.0 Å². The van der Waals surface area contributed by atoms with Crippen LogP contribution in [0.4, 0.5) is 4.39 Å². The predicted molar refractivity (Wildman–Crippen MR) is 63.5 cm³/mol. The van der Waals surface area contributed by atoms with Crippen molar-refractivity contribution in [3.63, 3.8) is 0 Å². The molecule has 1 N–H and O–H groups in total. The molecule has 0 aromatic heterocycles. The molecular weight excluding hydrogens is 223 g/mol. The Morgan fingerprint density at radius 2 is 1.94 bits per heavy atom. The lowest BCUT2D eigenvalue weighted by Crippen LogP contribution is -2.22. The molecule has 4 heteroatoms. The second kappa shape index (κ2) is 5.98. The highest BCUT2D eigenvalue weighted by Crippen LogP contribution is 2.18. The van der Waals surface area contributed by atoms with Gasteiger partial charge in [-0.25, -0.2) is 4.39 Å². The molecule has 0 aliphatic rings. The van der Waals surface area contributed by atoms with Crippen LogP contribution >= 0.6 is 0 Å². The maximum Gasteiger partial charge on any atom is 0.165 e. The zero-order valence-corrected chi connectivity index (χ0v) is 10.5. The maximum absolute atomic E-state index is 13.4. The second-order valence-electron chi connectivity index (χ2n) is 4.73. The molecule has 0 fully saturated rings. The Bertz CT molecular complexity index is 358. The van der Waals surface area contributed by atoms with Crippen LogP contribution in [0.1, 0.15) is 26.3 Å². The van der Waals surface area contributed by atoms with Crippen molar-refractivity contribution in [3.8, 4) is 5.75 Å². The molecule has 0 saturated heterocycles. The molecule has 0 bridgehead atoms. The number of ether oxygens (including phenoxy) is 2. The van der Waals surface area contributed by atoms with Crippen LogP contribution in [0.25, 0.3) is 0 Å². The fourth-order valence-electron chi connectivity index (χ4n) is 1.26. The molecule has 0 amide bonds. The minimum absolute atomic E-state index is 0.176. The average Bonchev–Trinajstić information content (AvgIpc) is 2.24. The molecule has 17 heavy (non-hydrogen) atoms. The maximum atomic E-state index is 13.4. The van der Waals surface area contributed by atoms with Gasteiger partial charge in [-0.15, -0.1) is 0 Å². The molecule has 96 valence electrons. The Hall–Kier alpha value is -1.13. The van der Waals surface area contributed by atoms with Crippen molar-refractivity contribution >= 4 is 0 Å². The van der Waals surface area contributed by atoms with Gasteiger partial charge in [0.1, 0.15) is 6.61 Å². The van der Waals surface area contributed by atoms with E-state index in [0.29, 0.717) is 18.8 Å². The summed E-state index contributed by atoms with van der Waals surface area (Å²) >= 11 is 0. The fraction of sp³-hybridized carbons (Fsp3) is 0.538. The van der Waals surface area contributed by atoms with Gasteiger partial charge < -0.3 is 14.6 Å². The fourth-order valence-corrected chi connectivity index (χ4v) is 1.26. The molecule has 0 aliphatic heterocycles. The predicted octanol–water partition coefficient (Wildman–Crippen LogP) is 2.51. The number of halogens is 1. The van der Waals surface area contributed by atoms with Gasteiger partial charge in [-0.05, 0) is 38.5 Å². The van der Waals surface area contributed by atoms with Crippen LogP contribution in [-0.2, 0) is 11.3 Å². The number of aliphatic hydroxyl groups is 1. The van der Waals surface area contributed by atoms with E-state index in [0.717, 1.165) is 0 Å². The summed E-state index contributed by atoms with van der Waals surface area (Å²) in [5.74, 6) is -0.285. The van der Waals surface area contributed by atoms with Gasteiger partial charge in [0.25, 0.3) is 0 Å². The third-order valence-corrected chi connectivity index (χ3v) is 2.05. The Morgan fingerprint density at radius 3 is 2.47 bits per heavy atom. The largest absolute Gasteiger partial charge is 0.488 e. The monoisotopic (exact) mass is 242 g/mol. The van der Waals surface area contributed by atoms with Crippen LogP contribution in [0.15, 0.2) is 18.2 Å². The molecule has 0 unspecified atom stereocenters. The lowest BCUT2D eigenvalue weighted by molar-refractivity contribution is -0.0166. The van der Waals surface area contributed by atoms with Gasteiger partial charge in [0.05, 0.1) is 18.8 Å². The summed E-state index contributed by atoms with van der Waals surface area (Å²) < 4.78 is 24.1. The van der Waals surface area contributed by atoms with Gasteiger partial charge in [0, 0.05) is 0 Å². The smallest absolute Gasteiger partial charge is 0.165 e. The van der Waals surface area contributed by atoms with Crippen LogP contribution in [0.3, 0.4) is 0 Å². The minimum atomic E-state index is -0.465. The summed E-state index contributed by atoms with van der Waals surface area (Å²) in [4.78, 5) is 0. The van der Waals surface area contributed by atoms with E-state index in [1.807, 2.05) is 20.8 Å². The molecule has 0 saturated carbocycles. The highest BCUT2D eigenvalue weighted by Gasteiger charge is 2.10. The Labute approximate surface area is 101 Å². The molecule has 0 aliphatic carbocycles. The third kappa shape index (κ3) is 5.15. The van der Waals surface area contributed by atoms with Gasteiger partial charge in [-0.3, -0.25) is 0 Å². The van der Waals surface area contributed by atoms with Crippen molar-refractivity contribution in [3.05, 3.63) is 29.6 Å². The van der Waals surface area contributed by atoms with Crippen molar-refractivity contribution in [1.29, 1.82) is 0 Å². The van der Waals surface area contributed by atoms with Crippen LogP contribution in [0.2, 0.25) is 0 Å². The van der Waals surface area contributed by atoms with E-state index in [1.54, 1.807) is 6.07 Å². The van der Waals surface area contributed by atoms with Gasteiger partial charge >= 0.3 is 0 Å². The summed E-state index contributed by atoms with van der Waals surface area (Å²) in [7, 11) is 0. The number of hydrogen-bond donors (Lipinski definition) is 1.